The summed E-state index contributed by atoms with van der Waals surface area (Å²) >= 11 is 0. The van der Waals surface area contributed by atoms with Gasteiger partial charge < -0.3 is 14.8 Å². The van der Waals surface area contributed by atoms with Crippen LogP contribution in [0.2, 0.25) is 0 Å². The van der Waals surface area contributed by atoms with Crippen molar-refractivity contribution in [1.29, 1.82) is 0 Å². The van der Waals surface area contributed by atoms with Gasteiger partial charge in [0.1, 0.15) is 5.75 Å². The molecule has 7 nitrogen and oxygen atoms in total. The molecule has 0 saturated carbocycles. The number of amides is 1. The van der Waals surface area contributed by atoms with Crippen LogP contribution in [0.5, 0.6) is 5.75 Å². The van der Waals surface area contributed by atoms with E-state index >= 15 is 0 Å². The number of nitrogens with zero attached hydrogens (tertiary/aromatic N) is 1. The number of nitrogens with one attached hydrogen (secondary N) is 1. The number of rotatable bonds is 8. The van der Waals surface area contributed by atoms with Crippen LogP contribution >= 0.6 is 0 Å². The van der Waals surface area contributed by atoms with E-state index in [2.05, 4.69) is 5.32 Å². The van der Waals surface area contributed by atoms with Crippen molar-refractivity contribution in [3.05, 3.63) is 65.2 Å². The van der Waals surface area contributed by atoms with Crippen molar-refractivity contribution in [3.8, 4) is 5.75 Å². The molecule has 1 aliphatic heterocycles. The molecule has 1 unspecified atom stereocenters. The Kier molecular flexibility index (Phi) is 7.47. The van der Waals surface area contributed by atoms with E-state index in [1.807, 2.05) is 43.3 Å². The minimum absolute atomic E-state index is 0.103. The Bertz CT molecular complexity index is 971. The zero-order valence-corrected chi connectivity index (χ0v) is 18.2. The monoisotopic (exact) mass is 432 g/mol. The highest BCUT2D eigenvalue weighted by Crippen LogP contribution is 2.17. The molecule has 0 spiro atoms. The summed E-state index contributed by atoms with van der Waals surface area (Å²) in [5.74, 6) is 0.269. The summed E-state index contributed by atoms with van der Waals surface area (Å²) in [7, 11) is -3.44. The number of morpholine rings is 1. The number of aryl methyl sites for hydroxylation is 1. The summed E-state index contributed by atoms with van der Waals surface area (Å²) in [6.45, 7) is 5.44. The van der Waals surface area contributed by atoms with Gasteiger partial charge in [-0.25, -0.2) is 8.42 Å². The smallest absolute Gasteiger partial charge is 0.261 e. The highest BCUT2D eigenvalue weighted by Gasteiger charge is 2.25. The van der Waals surface area contributed by atoms with Gasteiger partial charge in [0, 0.05) is 19.6 Å². The van der Waals surface area contributed by atoms with Gasteiger partial charge in [-0.05, 0) is 42.7 Å². The molecule has 1 atom stereocenters. The average molecular weight is 433 g/mol. The first-order valence-corrected chi connectivity index (χ1v) is 11.6. The Balaban J connectivity index is 1.61. The summed E-state index contributed by atoms with van der Waals surface area (Å²) < 4.78 is 37.9. The van der Waals surface area contributed by atoms with Crippen LogP contribution in [-0.2, 0) is 31.9 Å². The second-order valence-corrected chi connectivity index (χ2v) is 9.30. The number of carbonyl (C=O) groups is 1. The second kappa shape index (κ2) is 10.1. The van der Waals surface area contributed by atoms with Crippen LogP contribution < -0.4 is 10.1 Å². The fraction of sp³-hybridized carbons (Fsp3) is 0.409. The lowest BCUT2D eigenvalue weighted by molar-refractivity contribution is -0.127. The van der Waals surface area contributed by atoms with Gasteiger partial charge in [-0.2, -0.15) is 4.31 Å². The SMILES string of the molecule is Cc1cccc(OC(C)C(=O)NCc2ccccc2CS(=O)(=O)N2CCOCC2)c1. The largest absolute Gasteiger partial charge is 0.481 e. The lowest BCUT2D eigenvalue weighted by Crippen LogP contribution is -2.41. The summed E-state index contributed by atoms with van der Waals surface area (Å²) in [6.07, 6.45) is -0.670. The lowest BCUT2D eigenvalue weighted by Gasteiger charge is -2.26. The van der Waals surface area contributed by atoms with Crippen LogP contribution in [0.3, 0.4) is 0 Å². The van der Waals surface area contributed by atoms with Crippen molar-refractivity contribution >= 4 is 15.9 Å². The first kappa shape index (κ1) is 22.3. The van der Waals surface area contributed by atoms with Crippen molar-refractivity contribution in [2.24, 2.45) is 0 Å². The molecule has 30 heavy (non-hydrogen) atoms. The van der Waals surface area contributed by atoms with Crippen molar-refractivity contribution < 1.29 is 22.7 Å². The summed E-state index contributed by atoms with van der Waals surface area (Å²) in [6, 6.07) is 14.8. The zero-order chi connectivity index (χ0) is 21.6. The topological polar surface area (TPSA) is 84.9 Å². The minimum atomic E-state index is -3.44. The third kappa shape index (κ3) is 6.04. The number of benzene rings is 2. The quantitative estimate of drug-likeness (QED) is 0.692. The van der Waals surface area contributed by atoms with E-state index in [4.69, 9.17) is 9.47 Å². The van der Waals surface area contributed by atoms with Gasteiger partial charge in [-0.3, -0.25) is 4.79 Å². The van der Waals surface area contributed by atoms with Crippen LogP contribution in [0.15, 0.2) is 48.5 Å². The molecule has 1 N–H and O–H groups in total. The molecule has 8 heteroatoms. The third-order valence-corrected chi connectivity index (χ3v) is 6.77. The van der Waals surface area contributed by atoms with E-state index in [9.17, 15) is 13.2 Å². The molecule has 1 aliphatic rings. The molecule has 2 aromatic rings. The van der Waals surface area contributed by atoms with Crippen LogP contribution in [0.4, 0.5) is 0 Å². The van der Waals surface area contributed by atoms with Crippen LogP contribution in [-0.4, -0.2) is 51.0 Å². The lowest BCUT2D eigenvalue weighted by atomic mass is 10.1. The van der Waals surface area contributed by atoms with E-state index in [1.165, 1.54) is 4.31 Å². The van der Waals surface area contributed by atoms with Crippen molar-refractivity contribution in [3.63, 3.8) is 0 Å². The Morgan fingerprint density at radius 3 is 2.53 bits per heavy atom. The van der Waals surface area contributed by atoms with Gasteiger partial charge in [-0.1, -0.05) is 36.4 Å². The van der Waals surface area contributed by atoms with Gasteiger partial charge in [0.05, 0.1) is 19.0 Å². The first-order chi connectivity index (χ1) is 14.3. The van der Waals surface area contributed by atoms with Crippen molar-refractivity contribution in [2.45, 2.75) is 32.2 Å². The molecular weight excluding hydrogens is 404 g/mol. The van der Waals surface area contributed by atoms with Gasteiger partial charge in [-0.15, -0.1) is 0 Å². The Morgan fingerprint density at radius 1 is 1.13 bits per heavy atom. The summed E-state index contributed by atoms with van der Waals surface area (Å²) in [5.41, 5.74) is 2.50. The van der Waals surface area contributed by atoms with Gasteiger partial charge in [0.2, 0.25) is 10.0 Å². The molecule has 162 valence electrons. The second-order valence-electron chi connectivity index (χ2n) is 7.33. The van der Waals surface area contributed by atoms with E-state index in [-0.39, 0.29) is 18.2 Å². The molecule has 1 fully saturated rings. The molecule has 0 bridgehead atoms. The third-order valence-electron chi connectivity index (χ3n) is 4.94. The van der Waals surface area contributed by atoms with Gasteiger partial charge in [0.25, 0.3) is 5.91 Å². The number of ether oxygens (including phenoxy) is 2. The Labute approximate surface area is 178 Å². The Morgan fingerprint density at radius 2 is 1.83 bits per heavy atom. The molecule has 0 aliphatic carbocycles. The number of carbonyl (C=O) groups excluding carboxylic acids is 1. The highest BCUT2D eigenvalue weighted by atomic mass is 32.2. The van der Waals surface area contributed by atoms with E-state index in [0.717, 1.165) is 11.1 Å². The zero-order valence-electron chi connectivity index (χ0n) is 17.3. The van der Waals surface area contributed by atoms with Crippen LogP contribution in [0, 0.1) is 6.92 Å². The van der Waals surface area contributed by atoms with Crippen molar-refractivity contribution in [1.82, 2.24) is 9.62 Å². The molecule has 1 amide bonds. The summed E-state index contributed by atoms with van der Waals surface area (Å²) in [4.78, 5) is 12.5. The van der Waals surface area contributed by atoms with Crippen LogP contribution in [0.1, 0.15) is 23.6 Å². The minimum Gasteiger partial charge on any atom is -0.481 e. The number of hydrogen-bond donors (Lipinski definition) is 1. The predicted octanol–water partition coefficient (Wildman–Crippen LogP) is 2.24. The van der Waals surface area contributed by atoms with Gasteiger partial charge in [0.15, 0.2) is 6.10 Å². The average Bonchev–Trinajstić information content (AvgIpc) is 2.73. The normalized spacial score (nSPS) is 16.1. The first-order valence-electron chi connectivity index (χ1n) is 9.98. The molecule has 0 aromatic heterocycles. The molecule has 1 saturated heterocycles. The molecular formula is C22H28N2O5S. The number of hydrogen-bond acceptors (Lipinski definition) is 5. The maximum Gasteiger partial charge on any atom is 0.261 e. The summed E-state index contributed by atoms with van der Waals surface area (Å²) in [5, 5.41) is 2.85. The van der Waals surface area contributed by atoms with Crippen LogP contribution in [0.25, 0.3) is 0 Å². The van der Waals surface area contributed by atoms with E-state index < -0.39 is 16.1 Å². The maximum atomic E-state index is 12.7. The highest BCUT2D eigenvalue weighted by molar-refractivity contribution is 7.88. The fourth-order valence-corrected chi connectivity index (χ4v) is 4.82. The van der Waals surface area contributed by atoms with Gasteiger partial charge >= 0.3 is 0 Å². The van der Waals surface area contributed by atoms with Crippen molar-refractivity contribution in [2.75, 3.05) is 26.3 Å². The standard InChI is InChI=1S/C22H28N2O5S/c1-17-6-5-9-21(14-17)29-18(2)22(25)23-15-19-7-3-4-8-20(19)16-30(26,27)24-10-12-28-13-11-24/h3-9,14,18H,10-13,15-16H2,1-2H3,(H,23,25). The molecule has 1 heterocycles. The van der Waals surface area contributed by atoms with E-state index in [0.29, 0.717) is 37.6 Å². The number of sulfonamides is 1. The fourth-order valence-electron chi connectivity index (χ4n) is 3.26. The molecule has 0 radical (unpaired) electrons. The predicted molar refractivity (Wildman–Crippen MR) is 115 cm³/mol. The maximum absolute atomic E-state index is 12.7. The molecule has 3 rings (SSSR count). The van der Waals surface area contributed by atoms with E-state index in [1.54, 1.807) is 19.1 Å². The molecule has 2 aromatic carbocycles. The Hall–Kier alpha value is -2.42.